The summed E-state index contributed by atoms with van der Waals surface area (Å²) < 4.78 is 0. The van der Waals surface area contributed by atoms with Crippen LogP contribution >= 0.6 is 6.72 Å². The molecule has 0 atom stereocenters. The van der Waals surface area contributed by atoms with Gasteiger partial charge in [0.05, 0.1) is 0 Å². The van der Waals surface area contributed by atoms with Crippen molar-refractivity contribution in [1.29, 1.82) is 0 Å². The Labute approximate surface area is 102 Å². The topological polar surface area (TPSA) is 60.7 Å². The molecule has 84 valence electrons. The molecule has 0 bridgehead atoms. The molecule has 14 heavy (non-hydrogen) atoms. The minimum atomic E-state index is -3.61. The molecule has 0 fully saturated rings. The normalized spacial score (nSPS) is 12.4. The van der Waals surface area contributed by atoms with E-state index in [0.29, 0.717) is 23.3 Å². The van der Waals surface area contributed by atoms with Gasteiger partial charge in [-0.05, 0) is 23.3 Å². The third kappa shape index (κ3) is 8.58. The quantitative estimate of drug-likeness (QED) is 0.545. The average molecular weight is 294 g/mol. The molecule has 0 spiro atoms. The van der Waals surface area contributed by atoms with Gasteiger partial charge in [-0.2, -0.15) is 0 Å². The second kappa shape index (κ2) is 7.54. The van der Waals surface area contributed by atoms with Crippen molar-refractivity contribution in [3.8, 4) is 0 Å². The first-order valence-corrected chi connectivity index (χ1v) is 8.30. The molecule has 0 aliphatic carbocycles. The van der Waals surface area contributed by atoms with Crippen molar-refractivity contribution in [2.24, 2.45) is 11.8 Å². The van der Waals surface area contributed by atoms with Crippen molar-refractivity contribution < 1.29 is 34.2 Å². The molecule has 6 heteroatoms. The predicted molar refractivity (Wildman–Crippen MR) is 60.4 cm³/mol. The van der Waals surface area contributed by atoms with Crippen LogP contribution in [0.2, 0.25) is 0 Å². The first-order valence-electron chi connectivity index (χ1n) is 4.49. The Balaban J connectivity index is 0. The summed E-state index contributed by atoms with van der Waals surface area (Å²) in [5, 5.41) is 0. The number of hydrogen-bond acceptors (Lipinski definition) is 0. The molecule has 0 aliphatic heterocycles. The fourth-order valence-electron chi connectivity index (χ4n) is 1.04. The maximum absolute atomic E-state index is 9.21. The minimum absolute atomic E-state index is 0. The van der Waals surface area contributed by atoms with E-state index in [1.165, 1.54) is 0 Å². The van der Waals surface area contributed by atoms with Crippen LogP contribution in [0.25, 0.3) is 0 Å². The molecule has 0 rings (SSSR count). The van der Waals surface area contributed by atoms with Gasteiger partial charge in [-0.25, -0.2) is 0 Å². The molecular formula is C8H21O3PSZn. The maximum Gasteiger partial charge on any atom is 0.277 e. The Morgan fingerprint density at radius 3 is 1.36 bits per heavy atom. The molecular weight excluding hydrogens is 273 g/mol. The fraction of sp³-hybridized carbons (Fsp3) is 1.00. The number of rotatable bonds is 4. The van der Waals surface area contributed by atoms with Crippen LogP contribution in [0.5, 0.6) is 0 Å². The molecule has 0 aliphatic rings. The van der Waals surface area contributed by atoms with E-state index in [1.54, 1.807) is 0 Å². The van der Waals surface area contributed by atoms with Crippen molar-refractivity contribution in [3.63, 3.8) is 0 Å². The van der Waals surface area contributed by atoms with Crippen molar-refractivity contribution in [1.82, 2.24) is 0 Å². The van der Waals surface area contributed by atoms with Gasteiger partial charge in [0.1, 0.15) is 0 Å². The van der Waals surface area contributed by atoms with Gasteiger partial charge in [0.15, 0.2) is 0 Å². The van der Waals surface area contributed by atoms with Crippen LogP contribution in [0.4, 0.5) is 0 Å². The van der Waals surface area contributed by atoms with Crippen molar-refractivity contribution >= 4 is 16.8 Å². The Hall–Kier alpha value is 1.28. The Bertz CT molecular complexity index is 192. The Kier molecular flexibility index (Phi) is 9.52. The molecule has 0 unspecified atom stereocenters. The van der Waals surface area contributed by atoms with Gasteiger partial charge in [0.2, 0.25) is 0 Å². The molecule has 0 aromatic heterocycles. The third-order valence-corrected chi connectivity index (χ3v) is 7.17. The summed E-state index contributed by atoms with van der Waals surface area (Å²) in [6.45, 7) is 4.49. The van der Waals surface area contributed by atoms with Gasteiger partial charge in [0.25, 0.3) is 6.72 Å². The summed E-state index contributed by atoms with van der Waals surface area (Å²) >= 11 is 0. The SMILES string of the molecule is CC(C)CS(CC(C)C)=P(O)(O)O.[Zn]. The van der Waals surface area contributed by atoms with E-state index in [4.69, 9.17) is 0 Å². The molecule has 3 N–H and O–H groups in total. The molecule has 3 nitrogen and oxygen atoms in total. The Morgan fingerprint density at radius 2 is 1.21 bits per heavy atom. The summed E-state index contributed by atoms with van der Waals surface area (Å²) in [5.41, 5.74) is 0. The van der Waals surface area contributed by atoms with E-state index in [2.05, 4.69) is 0 Å². The van der Waals surface area contributed by atoms with Gasteiger partial charge in [-0.1, -0.05) is 27.7 Å². The third-order valence-electron chi connectivity index (χ3n) is 1.40. The first-order chi connectivity index (χ1) is 5.73. The molecule has 0 aromatic carbocycles. The van der Waals surface area contributed by atoms with Crippen LogP contribution in [-0.4, -0.2) is 26.2 Å². The maximum atomic E-state index is 9.21. The average Bonchev–Trinajstić information content (AvgIpc) is 1.81. The van der Waals surface area contributed by atoms with E-state index in [0.717, 1.165) is 0 Å². The van der Waals surface area contributed by atoms with Crippen LogP contribution in [0, 0.1) is 11.8 Å². The van der Waals surface area contributed by atoms with Crippen LogP contribution in [0.15, 0.2) is 0 Å². The van der Waals surface area contributed by atoms with Gasteiger partial charge >= 0.3 is 0 Å². The van der Waals surface area contributed by atoms with Crippen molar-refractivity contribution in [3.05, 3.63) is 0 Å². The van der Waals surface area contributed by atoms with Gasteiger partial charge in [0, 0.05) is 19.5 Å². The predicted octanol–water partition coefficient (Wildman–Crippen LogP) is 1.57. The van der Waals surface area contributed by atoms with E-state index >= 15 is 0 Å². The van der Waals surface area contributed by atoms with E-state index < -0.39 is 16.8 Å². The van der Waals surface area contributed by atoms with Crippen molar-refractivity contribution in [2.45, 2.75) is 27.7 Å². The number of hydrogen-bond donors (Lipinski definition) is 3. The molecule has 0 amide bonds. The van der Waals surface area contributed by atoms with Gasteiger partial charge in [-0.15, -0.1) is 10.1 Å². The summed E-state index contributed by atoms with van der Waals surface area (Å²) in [6.07, 6.45) is 0. The molecule has 0 aromatic rings. The smallest absolute Gasteiger partial charge is 0.277 e. The van der Waals surface area contributed by atoms with Gasteiger partial charge < -0.3 is 14.7 Å². The molecule has 0 saturated carbocycles. The molecule has 0 radical (unpaired) electrons. The van der Waals surface area contributed by atoms with Crippen LogP contribution in [-0.2, 0) is 29.6 Å². The largest absolute Gasteiger partial charge is 0.329 e. The zero-order valence-electron chi connectivity index (χ0n) is 9.47. The van der Waals surface area contributed by atoms with E-state index in [1.807, 2.05) is 27.7 Å². The Morgan fingerprint density at radius 1 is 0.929 bits per heavy atom. The zero-order valence-corrected chi connectivity index (χ0v) is 14.2. The van der Waals surface area contributed by atoms with E-state index in [9.17, 15) is 14.7 Å². The summed E-state index contributed by atoms with van der Waals surface area (Å²) in [4.78, 5) is 27.6. The van der Waals surface area contributed by atoms with Gasteiger partial charge in [-0.3, -0.25) is 0 Å². The molecule has 0 saturated heterocycles. The zero-order chi connectivity index (χ0) is 10.6. The van der Waals surface area contributed by atoms with Crippen molar-refractivity contribution in [2.75, 3.05) is 11.5 Å². The first kappa shape index (κ1) is 17.7. The van der Waals surface area contributed by atoms with Crippen LogP contribution in [0.3, 0.4) is 0 Å². The monoisotopic (exact) mass is 292 g/mol. The second-order valence-corrected chi connectivity index (χ2v) is 9.73. The van der Waals surface area contributed by atoms with Crippen LogP contribution < -0.4 is 0 Å². The standard InChI is InChI=1S/C8H21O3PS.Zn/c1-7(2)5-13(6-8(3)4)12(9,10)11;/h7-11H,5-6H2,1-4H3;. The second-order valence-electron chi connectivity index (χ2n) is 4.10. The minimum Gasteiger partial charge on any atom is -0.329 e. The summed E-state index contributed by atoms with van der Waals surface area (Å²) in [5.74, 6) is 2.20. The summed E-state index contributed by atoms with van der Waals surface area (Å²) in [7, 11) is -0.624. The van der Waals surface area contributed by atoms with Crippen LogP contribution in [0.1, 0.15) is 27.7 Å². The van der Waals surface area contributed by atoms with E-state index in [-0.39, 0.29) is 19.5 Å². The summed E-state index contributed by atoms with van der Waals surface area (Å²) in [6, 6.07) is 0. The fourth-order valence-corrected chi connectivity index (χ4v) is 6.10. The molecule has 0 heterocycles.